The Labute approximate surface area is 173 Å². The minimum Gasteiger partial charge on any atom is -0.381 e. The van der Waals surface area contributed by atoms with Gasteiger partial charge in [0.05, 0.1) is 5.56 Å². The highest BCUT2D eigenvalue weighted by Crippen LogP contribution is 2.36. The maximum absolute atomic E-state index is 14.7. The zero-order valence-electron chi connectivity index (χ0n) is 16.2. The lowest BCUT2D eigenvalue weighted by atomic mass is 9.94. The fourth-order valence-corrected chi connectivity index (χ4v) is 3.85. The average molecular weight is 408 g/mol. The molecule has 4 rings (SSSR count). The van der Waals surface area contributed by atoms with Gasteiger partial charge in [0.25, 0.3) is 0 Å². The third-order valence-electron chi connectivity index (χ3n) is 5.34. The molecule has 3 aromatic rings. The van der Waals surface area contributed by atoms with Crippen LogP contribution in [0.5, 0.6) is 0 Å². The van der Waals surface area contributed by atoms with Crippen molar-refractivity contribution in [1.82, 2.24) is 0 Å². The zero-order chi connectivity index (χ0) is 21.1. The molecule has 0 spiro atoms. The fraction of sp³-hybridized carbons (Fsp3) is 0.160. The molecular weight excluding hydrogens is 387 g/mol. The van der Waals surface area contributed by atoms with Crippen LogP contribution in [0, 0.1) is 17.5 Å². The Bertz CT molecular complexity index is 1120. The van der Waals surface area contributed by atoms with Gasteiger partial charge < -0.3 is 5.11 Å². The SMILES string of the molecule is OC(c1ccccc1F)C(c1ccccc1F)[N+]1=C/C(=C/c2ccccc2F)CC1. The number of aliphatic hydroxyl groups is 1. The van der Waals surface area contributed by atoms with Crippen LogP contribution in [-0.2, 0) is 0 Å². The van der Waals surface area contributed by atoms with Gasteiger partial charge in [-0.3, -0.25) is 0 Å². The molecule has 1 heterocycles. The highest BCUT2D eigenvalue weighted by atomic mass is 19.1. The standard InChI is InChI=1S/C25H21F3NO/c26-21-10-4-1-7-18(21)15-17-13-14-29(16-17)24(19-8-2-5-11-22(19)27)25(30)20-9-3-6-12-23(20)28/h1-12,15-16,24-25,30H,13-14H2/q+1/b17-15+. The summed E-state index contributed by atoms with van der Waals surface area (Å²) in [5.41, 5.74) is 1.69. The molecule has 2 nitrogen and oxygen atoms in total. The average Bonchev–Trinajstić information content (AvgIpc) is 3.19. The van der Waals surface area contributed by atoms with E-state index < -0.39 is 23.8 Å². The van der Waals surface area contributed by atoms with E-state index in [0.29, 0.717) is 18.5 Å². The van der Waals surface area contributed by atoms with Crippen molar-refractivity contribution in [2.75, 3.05) is 6.54 Å². The lowest BCUT2D eigenvalue weighted by Gasteiger charge is -2.21. The molecule has 0 saturated carbocycles. The van der Waals surface area contributed by atoms with Gasteiger partial charge in [0.15, 0.2) is 6.21 Å². The van der Waals surface area contributed by atoms with Crippen LogP contribution in [-0.4, -0.2) is 22.4 Å². The van der Waals surface area contributed by atoms with Crippen LogP contribution in [0.2, 0.25) is 0 Å². The molecule has 1 aliphatic heterocycles. The zero-order valence-corrected chi connectivity index (χ0v) is 16.2. The van der Waals surface area contributed by atoms with E-state index in [4.69, 9.17) is 0 Å². The van der Waals surface area contributed by atoms with Gasteiger partial charge in [0.2, 0.25) is 6.04 Å². The number of halogens is 3. The Kier molecular flexibility index (Phi) is 5.81. The van der Waals surface area contributed by atoms with Crippen molar-refractivity contribution in [3.63, 3.8) is 0 Å². The summed E-state index contributed by atoms with van der Waals surface area (Å²) in [5, 5.41) is 11.1. The van der Waals surface area contributed by atoms with Gasteiger partial charge in [-0.15, -0.1) is 0 Å². The lowest BCUT2D eigenvalue weighted by molar-refractivity contribution is -0.574. The Morgan fingerprint density at radius 3 is 1.97 bits per heavy atom. The summed E-state index contributed by atoms with van der Waals surface area (Å²) in [5.74, 6) is -1.35. The molecule has 152 valence electrons. The quantitative estimate of drug-likeness (QED) is 0.558. The summed E-state index contributed by atoms with van der Waals surface area (Å²) in [4.78, 5) is 0. The Hall–Kier alpha value is -3.18. The van der Waals surface area contributed by atoms with Crippen molar-refractivity contribution >= 4 is 12.3 Å². The van der Waals surface area contributed by atoms with E-state index in [0.717, 1.165) is 5.57 Å². The third-order valence-corrected chi connectivity index (χ3v) is 5.34. The van der Waals surface area contributed by atoms with Gasteiger partial charge >= 0.3 is 0 Å². The Balaban J connectivity index is 1.76. The number of hydrogen-bond donors (Lipinski definition) is 1. The van der Waals surface area contributed by atoms with Crippen molar-refractivity contribution in [2.45, 2.75) is 18.6 Å². The minimum absolute atomic E-state index is 0.102. The van der Waals surface area contributed by atoms with E-state index >= 15 is 0 Å². The molecular formula is C25H21F3NO+. The number of hydrogen-bond acceptors (Lipinski definition) is 1. The predicted octanol–water partition coefficient (Wildman–Crippen LogP) is 5.45. The molecule has 0 saturated heterocycles. The normalized spacial score (nSPS) is 17.1. The first-order valence-corrected chi connectivity index (χ1v) is 9.77. The summed E-state index contributed by atoms with van der Waals surface area (Å²) < 4.78 is 44.8. The second-order valence-electron chi connectivity index (χ2n) is 7.29. The molecule has 0 radical (unpaired) electrons. The van der Waals surface area contributed by atoms with Crippen LogP contribution in [0.3, 0.4) is 0 Å². The third kappa shape index (κ3) is 4.07. The molecule has 1 N–H and O–H groups in total. The predicted molar refractivity (Wildman–Crippen MR) is 111 cm³/mol. The van der Waals surface area contributed by atoms with Crippen LogP contribution in [0.25, 0.3) is 6.08 Å². The molecule has 0 fully saturated rings. The summed E-state index contributed by atoms with van der Waals surface area (Å²) >= 11 is 0. The molecule has 0 aliphatic carbocycles. The van der Waals surface area contributed by atoms with Crippen LogP contribution < -0.4 is 0 Å². The topological polar surface area (TPSA) is 23.2 Å². The van der Waals surface area contributed by atoms with E-state index in [9.17, 15) is 18.3 Å². The van der Waals surface area contributed by atoms with Gasteiger partial charge in [-0.1, -0.05) is 48.5 Å². The van der Waals surface area contributed by atoms with Crippen molar-refractivity contribution in [1.29, 1.82) is 0 Å². The second-order valence-corrected chi connectivity index (χ2v) is 7.29. The first-order valence-electron chi connectivity index (χ1n) is 9.77. The summed E-state index contributed by atoms with van der Waals surface area (Å²) in [6, 6.07) is 17.8. The minimum atomic E-state index is -1.29. The maximum Gasteiger partial charge on any atom is 0.210 e. The molecule has 2 atom stereocenters. The monoisotopic (exact) mass is 408 g/mol. The van der Waals surface area contributed by atoms with Gasteiger partial charge in [-0.05, 0) is 30.3 Å². The Morgan fingerprint density at radius 2 is 1.33 bits per heavy atom. The first-order chi connectivity index (χ1) is 14.5. The summed E-state index contributed by atoms with van der Waals surface area (Å²) in [6.45, 7) is 0.491. The van der Waals surface area contributed by atoms with Gasteiger partial charge in [0.1, 0.15) is 30.1 Å². The maximum atomic E-state index is 14.7. The van der Waals surface area contributed by atoms with E-state index in [1.165, 1.54) is 24.3 Å². The lowest BCUT2D eigenvalue weighted by Crippen LogP contribution is -2.25. The highest BCUT2D eigenvalue weighted by Gasteiger charge is 2.37. The van der Waals surface area contributed by atoms with E-state index in [1.807, 2.05) is 0 Å². The second kappa shape index (κ2) is 8.67. The molecule has 0 amide bonds. The van der Waals surface area contributed by atoms with Crippen LogP contribution in [0.15, 0.2) is 78.4 Å². The largest absolute Gasteiger partial charge is 0.381 e. The van der Waals surface area contributed by atoms with Gasteiger partial charge in [0, 0.05) is 23.1 Å². The molecule has 0 aromatic heterocycles. The molecule has 5 heteroatoms. The molecule has 2 unspecified atom stereocenters. The number of benzene rings is 3. The van der Waals surface area contributed by atoms with Crippen LogP contribution in [0.4, 0.5) is 13.2 Å². The molecule has 30 heavy (non-hydrogen) atoms. The smallest absolute Gasteiger partial charge is 0.210 e. The summed E-state index contributed by atoms with van der Waals surface area (Å²) in [6.07, 6.45) is 2.84. The number of rotatable bonds is 5. The van der Waals surface area contributed by atoms with Crippen LogP contribution in [0.1, 0.15) is 35.3 Å². The fourth-order valence-electron chi connectivity index (χ4n) is 3.85. The summed E-state index contributed by atoms with van der Waals surface area (Å²) in [7, 11) is 0. The van der Waals surface area contributed by atoms with Gasteiger partial charge in [-0.25, -0.2) is 17.7 Å². The van der Waals surface area contributed by atoms with E-state index in [1.54, 1.807) is 65.4 Å². The Morgan fingerprint density at radius 1 is 0.767 bits per heavy atom. The van der Waals surface area contributed by atoms with Crippen molar-refractivity contribution in [3.05, 3.63) is 113 Å². The molecule has 0 bridgehead atoms. The van der Waals surface area contributed by atoms with Crippen molar-refractivity contribution in [3.8, 4) is 0 Å². The highest BCUT2D eigenvalue weighted by molar-refractivity contribution is 5.83. The number of nitrogens with zero attached hydrogens (tertiary/aromatic N) is 1. The number of aliphatic hydroxyl groups excluding tert-OH is 1. The molecule has 3 aromatic carbocycles. The molecule has 1 aliphatic rings. The van der Waals surface area contributed by atoms with Crippen molar-refractivity contribution in [2.24, 2.45) is 0 Å². The van der Waals surface area contributed by atoms with Crippen LogP contribution >= 0.6 is 0 Å². The first kappa shape index (κ1) is 20.1. The van der Waals surface area contributed by atoms with E-state index in [2.05, 4.69) is 0 Å². The van der Waals surface area contributed by atoms with Gasteiger partial charge in [-0.2, -0.15) is 0 Å². The van der Waals surface area contributed by atoms with Crippen molar-refractivity contribution < 1.29 is 22.9 Å². The van der Waals surface area contributed by atoms with E-state index in [-0.39, 0.29) is 16.9 Å².